The molecule has 0 aliphatic carbocycles. The van der Waals surface area contributed by atoms with Crippen LogP contribution in [0, 0.1) is 0 Å². The maximum Gasteiger partial charge on any atom is 0.240 e. The molecule has 1 amide bonds. The Bertz CT molecular complexity index is 644. The molecule has 5 nitrogen and oxygen atoms in total. The topological polar surface area (TPSA) is 63.2 Å². The number of ether oxygens (including phenoxy) is 1. The summed E-state index contributed by atoms with van der Waals surface area (Å²) in [4.78, 5) is 16.6. The van der Waals surface area contributed by atoms with E-state index in [1.54, 1.807) is 6.20 Å². The van der Waals surface area contributed by atoms with Gasteiger partial charge < -0.3 is 15.4 Å². The fraction of sp³-hybridized carbons (Fsp3) is 0.375. The van der Waals surface area contributed by atoms with Gasteiger partial charge in [0.15, 0.2) is 0 Å². The van der Waals surface area contributed by atoms with E-state index in [1.165, 1.54) is 0 Å². The van der Waals surface area contributed by atoms with Gasteiger partial charge in [0.05, 0.1) is 18.2 Å². The third-order valence-corrected chi connectivity index (χ3v) is 3.71. The number of morpholine rings is 1. The molecule has 110 valence electrons. The number of para-hydroxylation sites is 1. The van der Waals surface area contributed by atoms with Gasteiger partial charge in [-0.25, -0.2) is 0 Å². The van der Waals surface area contributed by atoms with E-state index in [0.717, 1.165) is 16.5 Å². The van der Waals surface area contributed by atoms with Crippen molar-refractivity contribution in [3.8, 4) is 0 Å². The van der Waals surface area contributed by atoms with Crippen LogP contribution >= 0.6 is 0 Å². The largest absolute Gasteiger partial charge is 0.375 e. The lowest BCUT2D eigenvalue weighted by Crippen LogP contribution is -2.55. The molecular weight excluding hydrogens is 266 g/mol. The molecule has 0 saturated carbocycles. The average molecular weight is 285 g/mol. The molecule has 0 spiro atoms. The highest BCUT2D eigenvalue weighted by atomic mass is 16.5. The molecule has 0 bridgehead atoms. The summed E-state index contributed by atoms with van der Waals surface area (Å²) in [7, 11) is 0. The number of aromatic nitrogens is 1. The zero-order valence-corrected chi connectivity index (χ0v) is 12.0. The van der Waals surface area contributed by atoms with Crippen molar-refractivity contribution in [3.63, 3.8) is 0 Å². The predicted octanol–water partition coefficient (Wildman–Crippen LogP) is 1.23. The van der Waals surface area contributed by atoms with Crippen molar-refractivity contribution >= 4 is 16.8 Å². The molecule has 3 rings (SSSR count). The van der Waals surface area contributed by atoms with Gasteiger partial charge in [-0.3, -0.25) is 9.78 Å². The lowest BCUT2D eigenvalue weighted by Gasteiger charge is -2.29. The molecule has 21 heavy (non-hydrogen) atoms. The molecule has 1 aromatic carbocycles. The van der Waals surface area contributed by atoms with Crippen molar-refractivity contribution in [1.82, 2.24) is 15.6 Å². The van der Waals surface area contributed by atoms with Gasteiger partial charge in [-0.1, -0.05) is 18.2 Å². The molecule has 2 N–H and O–H groups in total. The van der Waals surface area contributed by atoms with E-state index in [9.17, 15) is 4.79 Å². The quantitative estimate of drug-likeness (QED) is 0.890. The summed E-state index contributed by atoms with van der Waals surface area (Å²) in [6.07, 6.45) is 1.70. The minimum absolute atomic E-state index is 0.0321. The van der Waals surface area contributed by atoms with Gasteiger partial charge >= 0.3 is 0 Å². The second-order valence-electron chi connectivity index (χ2n) is 5.26. The number of amides is 1. The van der Waals surface area contributed by atoms with E-state index >= 15 is 0 Å². The Balaban J connectivity index is 1.64. The van der Waals surface area contributed by atoms with Gasteiger partial charge in [0.1, 0.15) is 6.04 Å². The van der Waals surface area contributed by atoms with Gasteiger partial charge in [-0.05, 0) is 24.6 Å². The van der Waals surface area contributed by atoms with Gasteiger partial charge in [0.25, 0.3) is 0 Å². The Kier molecular flexibility index (Phi) is 4.13. The first-order valence-electron chi connectivity index (χ1n) is 7.20. The number of carbonyl (C=O) groups excluding carboxylic acids is 1. The van der Waals surface area contributed by atoms with Crippen LogP contribution in [-0.4, -0.2) is 36.2 Å². The molecule has 1 aliphatic rings. The average Bonchev–Trinajstić information content (AvgIpc) is 2.53. The van der Waals surface area contributed by atoms with Crippen LogP contribution < -0.4 is 10.6 Å². The van der Waals surface area contributed by atoms with Crippen molar-refractivity contribution in [3.05, 3.63) is 42.1 Å². The second-order valence-corrected chi connectivity index (χ2v) is 5.26. The first-order chi connectivity index (χ1) is 10.2. The molecule has 2 atom stereocenters. The minimum atomic E-state index is -0.285. The summed E-state index contributed by atoms with van der Waals surface area (Å²) in [5.74, 6) is -0.0321. The van der Waals surface area contributed by atoms with Crippen molar-refractivity contribution in [2.24, 2.45) is 0 Å². The van der Waals surface area contributed by atoms with E-state index in [0.29, 0.717) is 19.7 Å². The molecule has 0 radical (unpaired) electrons. The van der Waals surface area contributed by atoms with E-state index in [2.05, 4.69) is 21.7 Å². The van der Waals surface area contributed by atoms with Gasteiger partial charge in [-0.2, -0.15) is 0 Å². The monoisotopic (exact) mass is 285 g/mol. The summed E-state index contributed by atoms with van der Waals surface area (Å²) in [6.45, 7) is 3.75. The number of nitrogens with zero attached hydrogens (tertiary/aromatic N) is 1. The van der Waals surface area contributed by atoms with Gasteiger partial charge in [0, 0.05) is 24.7 Å². The van der Waals surface area contributed by atoms with Crippen molar-refractivity contribution in [2.45, 2.75) is 25.6 Å². The Hall–Kier alpha value is -1.98. The minimum Gasteiger partial charge on any atom is -0.375 e. The lowest BCUT2D eigenvalue weighted by atomic mass is 10.1. The number of carbonyl (C=O) groups is 1. The van der Waals surface area contributed by atoms with Crippen LogP contribution in [-0.2, 0) is 16.1 Å². The van der Waals surface area contributed by atoms with Crippen LogP contribution in [0.15, 0.2) is 36.5 Å². The van der Waals surface area contributed by atoms with E-state index in [4.69, 9.17) is 4.74 Å². The Morgan fingerprint density at radius 1 is 1.48 bits per heavy atom. The maximum absolute atomic E-state index is 12.2. The van der Waals surface area contributed by atoms with Crippen LogP contribution in [0.1, 0.15) is 12.5 Å². The predicted molar refractivity (Wildman–Crippen MR) is 80.8 cm³/mol. The highest BCUT2D eigenvalue weighted by Gasteiger charge is 2.27. The molecule has 1 aliphatic heterocycles. The Morgan fingerprint density at radius 3 is 3.19 bits per heavy atom. The van der Waals surface area contributed by atoms with Crippen LogP contribution in [0.3, 0.4) is 0 Å². The molecule has 1 saturated heterocycles. The molecule has 5 heteroatoms. The standard InChI is InChI=1S/C16H19N3O2/c1-11-15(17-6-7-21-11)16(20)19-10-12-8-13-4-2-3-5-14(13)18-9-12/h2-5,8-9,11,15,17H,6-7,10H2,1H3,(H,19,20)/t11-,15+/m1/s1. The number of nitrogens with one attached hydrogen (secondary N) is 2. The molecule has 2 aromatic rings. The number of pyridine rings is 1. The molecule has 1 fully saturated rings. The maximum atomic E-state index is 12.2. The summed E-state index contributed by atoms with van der Waals surface area (Å²) in [5, 5.41) is 7.20. The molecular formula is C16H19N3O2. The summed E-state index contributed by atoms with van der Waals surface area (Å²) in [6, 6.07) is 9.71. The van der Waals surface area contributed by atoms with Gasteiger partial charge in [0.2, 0.25) is 5.91 Å². The third-order valence-electron chi connectivity index (χ3n) is 3.71. The lowest BCUT2D eigenvalue weighted by molar-refractivity contribution is -0.129. The van der Waals surface area contributed by atoms with Crippen LogP contribution in [0.5, 0.6) is 0 Å². The second kappa shape index (κ2) is 6.20. The smallest absolute Gasteiger partial charge is 0.240 e. The number of benzene rings is 1. The fourth-order valence-electron chi connectivity index (χ4n) is 2.54. The number of hydrogen-bond acceptors (Lipinski definition) is 4. The summed E-state index contributed by atoms with van der Waals surface area (Å²) < 4.78 is 5.49. The fourth-order valence-corrected chi connectivity index (χ4v) is 2.54. The molecule has 1 aromatic heterocycles. The van der Waals surface area contributed by atoms with Crippen molar-refractivity contribution < 1.29 is 9.53 Å². The Labute approximate surface area is 123 Å². The zero-order chi connectivity index (χ0) is 14.7. The SMILES string of the molecule is C[C@H]1OCCN[C@@H]1C(=O)NCc1cnc2ccccc2c1. The van der Waals surface area contributed by atoms with Gasteiger partial charge in [-0.15, -0.1) is 0 Å². The Morgan fingerprint density at radius 2 is 2.33 bits per heavy atom. The van der Waals surface area contributed by atoms with Crippen LogP contribution in [0.4, 0.5) is 0 Å². The highest BCUT2D eigenvalue weighted by molar-refractivity contribution is 5.83. The number of fused-ring (bicyclic) bond motifs is 1. The van der Waals surface area contributed by atoms with E-state index < -0.39 is 0 Å². The number of hydrogen-bond donors (Lipinski definition) is 2. The first-order valence-corrected chi connectivity index (χ1v) is 7.20. The summed E-state index contributed by atoms with van der Waals surface area (Å²) in [5.41, 5.74) is 1.95. The van der Waals surface area contributed by atoms with E-state index in [1.807, 2.05) is 31.2 Å². The third kappa shape index (κ3) is 3.20. The van der Waals surface area contributed by atoms with Crippen molar-refractivity contribution in [2.75, 3.05) is 13.2 Å². The van der Waals surface area contributed by atoms with Crippen molar-refractivity contribution in [1.29, 1.82) is 0 Å². The van der Waals surface area contributed by atoms with Crippen LogP contribution in [0.2, 0.25) is 0 Å². The summed E-state index contributed by atoms with van der Waals surface area (Å²) >= 11 is 0. The molecule has 2 heterocycles. The van der Waals surface area contributed by atoms with E-state index in [-0.39, 0.29) is 18.1 Å². The highest BCUT2D eigenvalue weighted by Crippen LogP contribution is 2.12. The first kappa shape index (κ1) is 14.0. The normalized spacial score (nSPS) is 22.1. The van der Waals surface area contributed by atoms with Crippen LogP contribution in [0.25, 0.3) is 10.9 Å². The number of rotatable bonds is 3. The zero-order valence-electron chi connectivity index (χ0n) is 12.0. The molecule has 0 unspecified atom stereocenters.